The third kappa shape index (κ3) is 35.9. The van der Waals surface area contributed by atoms with Gasteiger partial charge in [-0.1, -0.05) is 14.1 Å². The van der Waals surface area contributed by atoms with E-state index in [0.29, 0.717) is 0 Å². The fraction of sp³-hybridized carbons (Fsp3) is 0.667. The van der Waals surface area contributed by atoms with Crippen molar-refractivity contribution in [3.8, 4) is 0 Å². The Kier molecular flexibility index (Phi) is 103. The van der Waals surface area contributed by atoms with Crippen LogP contribution >= 0.6 is 52.9 Å². The monoisotopic (exact) mass is 723 g/mol. The molecule has 5 radical (unpaired) electrons. The Bertz CT molecular complexity index is 87.3. The summed E-state index contributed by atoms with van der Waals surface area (Å²) in [7, 11) is 13.5. The third-order valence-corrected chi connectivity index (χ3v) is 1.92. The molecule has 0 aromatic heterocycles. The molecular formula is C6H20P6Y5-2. The second-order valence-corrected chi connectivity index (χ2v) is 7.11. The molecule has 17 heavy (non-hydrogen) atoms. The van der Waals surface area contributed by atoms with Crippen LogP contribution in [0.5, 0.6) is 0 Å². The molecule has 11 heteroatoms. The van der Waals surface area contributed by atoms with Crippen molar-refractivity contribution >= 4 is 52.9 Å². The van der Waals surface area contributed by atoms with E-state index >= 15 is 0 Å². The molecule has 0 N–H and O–H groups in total. The van der Waals surface area contributed by atoms with Crippen LogP contribution in [0.2, 0.25) is 0 Å². The van der Waals surface area contributed by atoms with Gasteiger partial charge in [0.1, 0.15) is 0 Å². The zero-order chi connectivity index (χ0) is 9.98. The first-order valence-electron chi connectivity index (χ1n) is 3.64. The Morgan fingerprint density at radius 2 is 1.18 bits per heavy atom. The minimum absolute atomic E-state index is 0. The van der Waals surface area contributed by atoms with Gasteiger partial charge in [0.05, 0.1) is 0 Å². The Hall–Kier alpha value is 8.10. The molecule has 0 aromatic carbocycles. The van der Waals surface area contributed by atoms with E-state index in [9.17, 15) is 0 Å². The Morgan fingerprint density at radius 1 is 0.941 bits per heavy atom. The minimum Gasteiger partial charge on any atom is -0.381 e. The van der Waals surface area contributed by atoms with Crippen molar-refractivity contribution in [2.45, 2.75) is 6.92 Å². The SMILES string of the molecule is CC1[CH-]C(CP)[CH-]1.PP.PPP.[Y].[Y].[Y].[Y].[Y]. The largest absolute Gasteiger partial charge is 0.381 e. The summed E-state index contributed by atoms with van der Waals surface area (Å²) in [6.07, 6.45) is 5.95. The van der Waals surface area contributed by atoms with E-state index in [-0.39, 0.29) is 164 Å². The first-order valence-corrected chi connectivity index (χ1v) is 11.7. The molecule has 0 aliphatic heterocycles. The van der Waals surface area contributed by atoms with Crippen LogP contribution in [0, 0.1) is 24.7 Å². The molecule has 0 bridgehead atoms. The van der Waals surface area contributed by atoms with Crippen molar-refractivity contribution in [2.24, 2.45) is 11.8 Å². The fourth-order valence-electron chi connectivity index (χ4n) is 0.920. The predicted molar refractivity (Wildman–Crippen MR) is 83.0 cm³/mol. The Labute approximate surface area is 248 Å². The molecule has 1 fully saturated rings. The molecule has 5 atom stereocenters. The van der Waals surface area contributed by atoms with Gasteiger partial charge in [-0.2, -0.15) is 0 Å². The van der Waals surface area contributed by atoms with Crippen molar-refractivity contribution in [2.75, 3.05) is 6.16 Å². The van der Waals surface area contributed by atoms with Gasteiger partial charge >= 0.3 is 0 Å². The van der Waals surface area contributed by atoms with Gasteiger partial charge in [-0.25, -0.2) is 0 Å². The molecule has 1 aliphatic carbocycles. The summed E-state index contributed by atoms with van der Waals surface area (Å²) < 4.78 is 0. The van der Waals surface area contributed by atoms with Gasteiger partial charge in [0.25, 0.3) is 0 Å². The molecule has 0 nitrogen and oxygen atoms in total. The molecule has 0 spiro atoms. The summed E-state index contributed by atoms with van der Waals surface area (Å²) in [5, 5.41) is 0. The maximum absolute atomic E-state index is 2.74. The van der Waals surface area contributed by atoms with Gasteiger partial charge in [-0.05, 0) is 0 Å². The smallest absolute Gasteiger partial charge is 0 e. The van der Waals surface area contributed by atoms with E-state index in [2.05, 4.69) is 64.7 Å². The number of hydrogen-bond donors (Lipinski definition) is 0. The van der Waals surface area contributed by atoms with Gasteiger partial charge in [0.15, 0.2) is 0 Å². The standard InChI is InChI=1S/C6H11P.H5P3.H4P2.5Y/c1-5-2-6(3-5)4-7;1-3-2;1-2;;;;;/h2-3,5-6H,4,7H2,1H3;3H,1-2H2;1-2H2;;;;;/q-2;;;;;;;. The molecular weight excluding hydrogens is 702 g/mol. The normalized spacial score (nSPS) is 18.0. The van der Waals surface area contributed by atoms with E-state index in [1.54, 1.807) is 0 Å². The summed E-state index contributed by atoms with van der Waals surface area (Å²) in [5.74, 6) is 1.59. The zero-order valence-corrected chi connectivity index (χ0v) is 31.3. The van der Waals surface area contributed by atoms with Crippen molar-refractivity contribution in [1.29, 1.82) is 0 Å². The fourth-order valence-corrected chi connectivity index (χ4v) is 1.23. The van der Waals surface area contributed by atoms with E-state index in [4.69, 9.17) is 0 Å². The number of rotatable bonds is 1. The van der Waals surface area contributed by atoms with E-state index in [0.717, 1.165) is 19.8 Å². The van der Waals surface area contributed by atoms with Crippen LogP contribution < -0.4 is 0 Å². The first kappa shape index (κ1) is 44.5. The van der Waals surface area contributed by atoms with Crippen LogP contribution in [0.15, 0.2) is 0 Å². The summed E-state index contributed by atoms with van der Waals surface area (Å²) in [4.78, 5) is 0. The maximum atomic E-state index is 2.74. The average molecular weight is 723 g/mol. The number of hydrogen-bond acceptors (Lipinski definition) is 0. The molecule has 0 aromatic rings. The second-order valence-electron chi connectivity index (χ2n) is 2.31. The van der Waals surface area contributed by atoms with E-state index in [1.807, 2.05) is 0 Å². The first-order chi connectivity index (χ1) is 5.74. The zero-order valence-electron chi connectivity index (χ0n) is 10.3. The van der Waals surface area contributed by atoms with Crippen molar-refractivity contribution in [3.05, 3.63) is 12.8 Å². The van der Waals surface area contributed by atoms with Gasteiger partial charge in [-0.3, -0.25) is 5.92 Å². The summed E-state index contributed by atoms with van der Waals surface area (Å²) in [6, 6.07) is 0. The Balaban J connectivity index is -0.0000000182. The topological polar surface area (TPSA) is 0 Å². The van der Waals surface area contributed by atoms with Crippen LogP contribution in [-0.2, 0) is 164 Å². The molecule has 5 unspecified atom stereocenters. The molecule has 0 saturated heterocycles. The Morgan fingerprint density at radius 3 is 1.24 bits per heavy atom. The molecule has 91 valence electrons. The van der Waals surface area contributed by atoms with Crippen LogP contribution in [0.4, 0.5) is 0 Å². The summed E-state index contributed by atoms with van der Waals surface area (Å²) in [5.41, 5.74) is 0. The van der Waals surface area contributed by atoms with Crippen molar-refractivity contribution in [1.82, 2.24) is 0 Å². The van der Waals surface area contributed by atoms with Crippen LogP contribution in [0.25, 0.3) is 0 Å². The third-order valence-electron chi connectivity index (χ3n) is 1.37. The van der Waals surface area contributed by atoms with Gasteiger partial charge in [-0.15, -0.1) is 51.9 Å². The molecule has 0 heterocycles. The molecule has 1 rings (SSSR count). The average Bonchev–Trinajstić information content (AvgIpc) is 2.04. The van der Waals surface area contributed by atoms with Crippen molar-refractivity contribution in [3.63, 3.8) is 0 Å². The maximum Gasteiger partial charge on any atom is 0 e. The molecule has 1 saturated carbocycles. The summed E-state index contributed by atoms with van der Waals surface area (Å²) in [6.45, 7) is 2.22. The minimum atomic E-state index is 0. The van der Waals surface area contributed by atoms with Crippen molar-refractivity contribution < 1.29 is 164 Å². The van der Waals surface area contributed by atoms with Gasteiger partial charge < -0.3 is 18.8 Å². The van der Waals surface area contributed by atoms with E-state index < -0.39 is 0 Å². The molecule has 0 amide bonds. The predicted octanol–water partition coefficient (Wildman–Crippen LogP) is 3.42. The van der Waals surface area contributed by atoms with Crippen LogP contribution in [-0.4, -0.2) is 6.16 Å². The molecule has 1 aliphatic rings. The van der Waals surface area contributed by atoms with Crippen LogP contribution in [0.1, 0.15) is 6.92 Å². The van der Waals surface area contributed by atoms with Gasteiger partial charge in [0, 0.05) is 164 Å². The van der Waals surface area contributed by atoms with Gasteiger partial charge in [0.2, 0.25) is 0 Å². The van der Waals surface area contributed by atoms with Crippen LogP contribution in [0.3, 0.4) is 0 Å². The summed E-state index contributed by atoms with van der Waals surface area (Å²) >= 11 is 0. The second kappa shape index (κ2) is 39.3. The quantitative estimate of drug-likeness (QED) is 0.288. The van der Waals surface area contributed by atoms with E-state index in [1.165, 1.54) is 6.16 Å².